The summed E-state index contributed by atoms with van der Waals surface area (Å²) in [5.41, 5.74) is 18.8. The Morgan fingerprint density at radius 1 is 0.338 bits per heavy atom. The number of rotatable bonds is 12. The number of para-hydroxylation sites is 6. The largest absolute Gasteiger partial charge is 0.507 e. The summed E-state index contributed by atoms with van der Waals surface area (Å²) in [7, 11) is 0. The molecule has 334 valence electrons. The maximum Gasteiger partial charge on any atom is 0.125 e. The van der Waals surface area contributed by atoms with E-state index in [1.807, 2.05) is 86.6 Å². The van der Waals surface area contributed by atoms with E-state index in [4.69, 9.17) is 9.98 Å². The van der Waals surface area contributed by atoms with Crippen molar-refractivity contribution in [2.45, 2.75) is 41.5 Å². The van der Waals surface area contributed by atoms with Gasteiger partial charge in [0.1, 0.15) is 11.5 Å². The maximum atomic E-state index is 11.5. The Morgan fingerprint density at radius 2 is 0.618 bits per heavy atom. The Kier molecular flexibility index (Phi) is 12.9. The highest BCUT2D eigenvalue weighted by molar-refractivity contribution is 6.05. The molecule has 0 spiro atoms. The van der Waals surface area contributed by atoms with Crippen LogP contribution in [0.4, 0.5) is 45.5 Å². The molecule has 0 fully saturated rings. The minimum Gasteiger partial charge on any atom is -0.507 e. The van der Waals surface area contributed by atoms with Crippen LogP contribution in [0, 0.1) is 27.7 Å². The van der Waals surface area contributed by atoms with Gasteiger partial charge in [-0.15, -0.1) is 0 Å². The third-order valence-corrected chi connectivity index (χ3v) is 12.4. The van der Waals surface area contributed by atoms with Crippen molar-refractivity contribution >= 4 is 56.9 Å². The molecular weight excluding hydrogens is 833 g/mol. The Bertz CT molecular complexity index is 2960. The van der Waals surface area contributed by atoms with Crippen LogP contribution in [-0.4, -0.2) is 21.6 Å². The Labute approximate surface area is 400 Å². The number of anilines is 6. The molecular formula is C62H54N4O2. The van der Waals surface area contributed by atoms with Crippen LogP contribution in [-0.2, 0) is 0 Å². The lowest BCUT2D eigenvalue weighted by molar-refractivity contribution is 0.474. The van der Waals surface area contributed by atoms with Gasteiger partial charge in [0.25, 0.3) is 0 Å². The summed E-state index contributed by atoms with van der Waals surface area (Å²) in [6.45, 7) is 12.3. The van der Waals surface area contributed by atoms with E-state index in [1.165, 1.54) is 0 Å². The average molecular weight is 887 g/mol. The fourth-order valence-corrected chi connectivity index (χ4v) is 9.37. The van der Waals surface area contributed by atoms with E-state index in [2.05, 4.69) is 171 Å². The molecule has 0 aliphatic carbocycles. The summed E-state index contributed by atoms with van der Waals surface area (Å²) in [6.07, 6.45) is 0. The van der Waals surface area contributed by atoms with Crippen LogP contribution >= 0.6 is 0 Å². The number of nitrogens with zero attached hydrogens (tertiary/aromatic N) is 4. The highest BCUT2D eigenvalue weighted by Gasteiger charge is 2.19. The summed E-state index contributed by atoms with van der Waals surface area (Å²) in [5.74, 6) is 0.294. The van der Waals surface area contributed by atoms with Crippen molar-refractivity contribution in [3.8, 4) is 33.8 Å². The van der Waals surface area contributed by atoms with Crippen molar-refractivity contribution in [3.63, 3.8) is 0 Å². The molecule has 9 rings (SSSR count). The van der Waals surface area contributed by atoms with E-state index in [0.29, 0.717) is 33.9 Å². The molecule has 0 atom stereocenters. The zero-order chi connectivity index (χ0) is 47.3. The maximum absolute atomic E-state index is 11.5. The van der Waals surface area contributed by atoms with E-state index in [0.717, 1.165) is 78.6 Å². The minimum atomic E-state index is 0.147. The highest BCUT2D eigenvalue weighted by Crippen LogP contribution is 2.42. The first-order valence-corrected chi connectivity index (χ1v) is 22.9. The lowest BCUT2D eigenvalue weighted by Crippen LogP contribution is -2.10. The number of hydrogen-bond acceptors (Lipinski definition) is 6. The van der Waals surface area contributed by atoms with Crippen LogP contribution in [0.3, 0.4) is 0 Å². The molecule has 0 heterocycles. The predicted molar refractivity (Wildman–Crippen MR) is 286 cm³/mol. The third-order valence-electron chi connectivity index (χ3n) is 12.4. The third kappa shape index (κ3) is 9.31. The van der Waals surface area contributed by atoms with Crippen molar-refractivity contribution in [3.05, 3.63) is 240 Å². The molecule has 2 N–H and O–H groups in total. The Hall–Kier alpha value is -8.48. The van der Waals surface area contributed by atoms with Gasteiger partial charge in [-0.25, -0.2) is 0 Å². The van der Waals surface area contributed by atoms with Crippen LogP contribution < -0.4 is 9.80 Å². The first kappa shape index (κ1) is 44.7. The molecule has 9 aromatic rings. The number of benzene rings is 9. The molecule has 0 radical (unpaired) electrons. The summed E-state index contributed by atoms with van der Waals surface area (Å²) in [5, 5.41) is 23.1. The van der Waals surface area contributed by atoms with Crippen LogP contribution in [0.1, 0.15) is 47.2 Å². The molecule has 68 heavy (non-hydrogen) atoms. The molecule has 9 aromatic carbocycles. The lowest BCUT2D eigenvalue weighted by Gasteiger charge is -2.27. The highest BCUT2D eigenvalue weighted by atomic mass is 16.3. The topological polar surface area (TPSA) is 71.7 Å². The van der Waals surface area contributed by atoms with E-state index < -0.39 is 0 Å². The van der Waals surface area contributed by atoms with Gasteiger partial charge in [-0.1, -0.05) is 97.1 Å². The minimum absolute atomic E-state index is 0.147. The molecule has 0 aliphatic rings. The van der Waals surface area contributed by atoms with Crippen LogP contribution in [0.2, 0.25) is 0 Å². The summed E-state index contributed by atoms with van der Waals surface area (Å²) >= 11 is 0. The molecule has 6 heteroatoms. The number of aromatic hydroxyl groups is 2. The summed E-state index contributed by atoms with van der Waals surface area (Å²) < 4.78 is 0. The average Bonchev–Trinajstić information content (AvgIpc) is 3.33. The fraction of sp³-hybridized carbons (Fsp3) is 0.0968. The Morgan fingerprint density at radius 3 is 0.897 bits per heavy atom. The van der Waals surface area contributed by atoms with E-state index in [1.54, 1.807) is 0 Å². The zero-order valence-corrected chi connectivity index (χ0v) is 39.3. The van der Waals surface area contributed by atoms with E-state index in [-0.39, 0.29) is 11.5 Å². The molecule has 0 saturated heterocycles. The number of aryl methyl sites for hydroxylation is 4. The second-order valence-electron chi connectivity index (χ2n) is 17.3. The predicted octanol–water partition coefficient (Wildman–Crippen LogP) is 16.9. The standard InChI is InChI=1S/C62H54N4O2/c1-41-35-53(65(49-21-11-7-12-22-49)50-23-13-8-14-24-50)36-42(2)61(41)47-31-33-55(59(67)39-47)45(5)63-57-29-19-20-30-58(57)64-46(6)56-34-32-48(40-60(56)68)62-43(3)37-54(38-44(62)4)66(51-25-15-9-16-26-51)52-27-17-10-18-28-52/h7-40,67-68H,1-6H3. The fourth-order valence-electron chi connectivity index (χ4n) is 9.37. The monoisotopic (exact) mass is 886 g/mol. The molecule has 0 unspecified atom stereocenters. The lowest BCUT2D eigenvalue weighted by atomic mass is 9.93. The number of aliphatic imine (C=N–C) groups is 2. The van der Waals surface area contributed by atoms with Gasteiger partial charge >= 0.3 is 0 Å². The molecule has 0 aromatic heterocycles. The van der Waals surface area contributed by atoms with Gasteiger partial charge in [0, 0.05) is 56.7 Å². The smallest absolute Gasteiger partial charge is 0.125 e. The van der Waals surface area contributed by atoms with Crippen molar-refractivity contribution in [1.29, 1.82) is 0 Å². The van der Waals surface area contributed by atoms with Gasteiger partial charge in [-0.2, -0.15) is 0 Å². The van der Waals surface area contributed by atoms with Crippen molar-refractivity contribution in [2.75, 3.05) is 9.80 Å². The van der Waals surface area contributed by atoms with Gasteiger partial charge in [0.15, 0.2) is 0 Å². The summed E-state index contributed by atoms with van der Waals surface area (Å²) in [6, 6.07) is 69.7. The number of hydrogen-bond donors (Lipinski definition) is 2. The molecule has 0 aliphatic heterocycles. The number of phenolic OH excluding ortho intramolecular Hbond substituents is 2. The first-order valence-electron chi connectivity index (χ1n) is 22.9. The Balaban J connectivity index is 0.965. The molecule has 0 amide bonds. The van der Waals surface area contributed by atoms with E-state index in [9.17, 15) is 10.2 Å². The van der Waals surface area contributed by atoms with E-state index >= 15 is 0 Å². The van der Waals surface area contributed by atoms with Gasteiger partial charge < -0.3 is 20.0 Å². The molecule has 6 nitrogen and oxygen atoms in total. The zero-order valence-electron chi connectivity index (χ0n) is 39.3. The van der Waals surface area contributed by atoms with Crippen LogP contribution in [0.15, 0.2) is 216 Å². The second kappa shape index (κ2) is 19.5. The van der Waals surface area contributed by atoms with Gasteiger partial charge in [0.05, 0.1) is 11.4 Å². The quantitative estimate of drug-likeness (QED) is 0.120. The van der Waals surface area contributed by atoms with Gasteiger partial charge in [-0.3, -0.25) is 9.98 Å². The van der Waals surface area contributed by atoms with Crippen molar-refractivity contribution < 1.29 is 10.2 Å². The molecule has 0 bridgehead atoms. The SMILES string of the molecule is CC(=Nc1ccccc1N=C(C)c1ccc(-c2c(C)cc(N(c3ccccc3)c3ccccc3)cc2C)cc1O)c1ccc(-c2c(C)cc(N(c3ccccc3)c3ccccc3)cc2C)cc1O. The van der Waals surface area contributed by atoms with Gasteiger partial charge in [0.2, 0.25) is 0 Å². The normalized spacial score (nSPS) is 11.7. The van der Waals surface area contributed by atoms with Crippen LogP contribution in [0.5, 0.6) is 11.5 Å². The second-order valence-corrected chi connectivity index (χ2v) is 17.3. The van der Waals surface area contributed by atoms with Gasteiger partial charge in [-0.05, 0) is 195 Å². The van der Waals surface area contributed by atoms with Crippen LogP contribution in [0.25, 0.3) is 22.3 Å². The van der Waals surface area contributed by atoms with Crippen molar-refractivity contribution in [2.24, 2.45) is 9.98 Å². The number of phenols is 2. The molecule has 0 saturated carbocycles. The summed E-state index contributed by atoms with van der Waals surface area (Å²) in [4.78, 5) is 14.5. The first-order chi connectivity index (χ1) is 33.0. The van der Waals surface area contributed by atoms with Crippen molar-refractivity contribution in [1.82, 2.24) is 0 Å².